The van der Waals surface area contributed by atoms with Gasteiger partial charge in [0.15, 0.2) is 0 Å². The summed E-state index contributed by atoms with van der Waals surface area (Å²) in [6, 6.07) is 1.49. The van der Waals surface area contributed by atoms with Crippen LogP contribution in [0.4, 0.5) is 5.95 Å². The van der Waals surface area contributed by atoms with Crippen LogP contribution in [0.1, 0.15) is 69.9 Å². The molecule has 0 unspecified atom stereocenters. The maximum atomic E-state index is 13.1. The molecule has 2 aliphatic heterocycles. The third-order valence-corrected chi connectivity index (χ3v) is 9.95. The molecular formula is C25H37N5O5S. The second kappa shape index (κ2) is 10.00. The molecule has 36 heavy (non-hydrogen) atoms. The highest BCUT2D eigenvalue weighted by molar-refractivity contribution is 7.89. The van der Waals surface area contributed by atoms with Crippen LogP contribution in [-0.2, 0) is 14.8 Å². The van der Waals surface area contributed by atoms with Gasteiger partial charge in [-0.05, 0) is 71.3 Å². The molecule has 2 N–H and O–H groups in total. The van der Waals surface area contributed by atoms with E-state index in [-0.39, 0.29) is 29.5 Å². The maximum Gasteiger partial charge on any atom is 0.255 e. The number of rotatable bonds is 7. The quantitative estimate of drug-likeness (QED) is 0.571. The fourth-order valence-electron chi connectivity index (χ4n) is 5.90. The van der Waals surface area contributed by atoms with Crippen LogP contribution >= 0.6 is 0 Å². The van der Waals surface area contributed by atoms with Crippen LogP contribution < -0.4 is 10.9 Å². The Hall–Kier alpha value is -2.08. The van der Waals surface area contributed by atoms with Crippen molar-refractivity contribution in [2.75, 3.05) is 30.8 Å². The lowest BCUT2D eigenvalue weighted by Crippen LogP contribution is -2.43. The van der Waals surface area contributed by atoms with E-state index in [9.17, 15) is 18.3 Å². The predicted molar refractivity (Wildman–Crippen MR) is 138 cm³/mol. The fourth-order valence-corrected chi connectivity index (χ4v) is 7.48. The van der Waals surface area contributed by atoms with Crippen LogP contribution in [0.15, 0.2) is 17.1 Å². The number of aryl methyl sites for hydroxylation is 1. The molecule has 0 aromatic carbocycles. The van der Waals surface area contributed by atoms with Gasteiger partial charge in [0.1, 0.15) is 5.65 Å². The van der Waals surface area contributed by atoms with Gasteiger partial charge < -0.3 is 15.2 Å². The summed E-state index contributed by atoms with van der Waals surface area (Å²) in [5.41, 5.74) is 0.0125. The van der Waals surface area contributed by atoms with Crippen LogP contribution in [0.2, 0.25) is 0 Å². The van der Waals surface area contributed by atoms with Gasteiger partial charge in [0.05, 0.1) is 23.5 Å². The van der Waals surface area contributed by atoms with Crippen molar-refractivity contribution in [1.29, 1.82) is 0 Å². The minimum Gasteiger partial charge on any atom is -0.388 e. The van der Waals surface area contributed by atoms with E-state index in [0.717, 1.165) is 37.7 Å². The number of aliphatic hydroxyl groups is 1. The number of anilines is 1. The van der Waals surface area contributed by atoms with Crippen molar-refractivity contribution < 1.29 is 18.3 Å². The van der Waals surface area contributed by atoms with Crippen molar-refractivity contribution in [3.05, 3.63) is 28.2 Å². The Morgan fingerprint density at radius 1 is 1.22 bits per heavy atom. The third-order valence-electron chi connectivity index (χ3n) is 8.04. The van der Waals surface area contributed by atoms with Crippen molar-refractivity contribution in [3.8, 4) is 0 Å². The van der Waals surface area contributed by atoms with E-state index in [1.165, 1.54) is 0 Å². The number of ether oxygens (including phenoxy) is 1. The fraction of sp³-hybridized carbons (Fsp3) is 0.720. The van der Waals surface area contributed by atoms with Crippen molar-refractivity contribution in [3.63, 3.8) is 0 Å². The molecule has 4 heterocycles. The number of sulfonamides is 1. The number of fused-ring (bicyclic) bond motifs is 1. The zero-order chi connectivity index (χ0) is 25.5. The Balaban J connectivity index is 1.28. The summed E-state index contributed by atoms with van der Waals surface area (Å²) in [4.78, 5) is 22.3. The number of piperidine rings is 1. The van der Waals surface area contributed by atoms with Gasteiger partial charge >= 0.3 is 0 Å². The number of hydrogen-bond donors (Lipinski definition) is 2. The van der Waals surface area contributed by atoms with E-state index >= 15 is 0 Å². The molecule has 3 aliphatic rings. The average molecular weight is 520 g/mol. The van der Waals surface area contributed by atoms with Gasteiger partial charge in [-0.25, -0.2) is 17.7 Å². The predicted octanol–water partition coefficient (Wildman–Crippen LogP) is 2.35. The first-order chi connectivity index (χ1) is 17.1. The topological polar surface area (TPSA) is 127 Å². The van der Waals surface area contributed by atoms with E-state index in [4.69, 9.17) is 9.72 Å². The maximum absolute atomic E-state index is 13.1. The Morgan fingerprint density at radius 2 is 2.00 bits per heavy atom. The first-order valence-corrected chi connectivity index (χ1v) is 14.7. The van der Waals surface area contributed by atoms with Crippen molar-refractivity contribution in [1.82, 2.24) is 18.8 Å². The molecule has 11 heteroatoms. The summed E-state index contributed by atoms with van der Waals surface area (Å²) in [5.74, 6) is 0.544. The van der Waals surface area contributed by atoms with Gasteiger partial charge in [-0.2, -0.15) is 4.98 Å². The average Bonchev–Trinajstić information content (AvgIpc) is 3.49. The van der Waals surface area contributed by atoms with Crippen molar-refractivity contribution >= 4 is 27.0 Å². The SMILES string of the molecule is Cc1cc2cnc(NC3CCN(S(=O)(=O)CC[C@H]4CCCO4)CC3)nc2n([C@@H]2CCC[C@@]2(C)O)c1=O. The van der Waals surface area contributed by atoms with E-state index in [1.54, 1.807) is 35.0 Å². The molecule has 1 saturated carbocycles. The third kappa shape index (κ3) is 5.16. The molecule has 5 rings (SSSR count). The van der Waals surface area contributed by atoms with Gasteiger partial charge in [0, 0.05) is 42.9 Å². The Labute approximate surface area is 212 Å². The van der Waals surface area contributed by atoms with E-state index in [2.05, 4.69) is 10.3 Å². The molecule has 3 atom stereocenters. The standard InChI is InChI=1S/C25H37N5O5S/c1-17-15-18-16-26-24(28-22(18)30(23(17)31)21-6-3-10-25(21,2)32)27-19-7-11-29(12-8-19)36(33,34)14-9-20-5-4-13-35-20/h15-16,19-21,32H,3-14H2,1-2H3,(H,26,27,28)/t20-,21-,25-/m1/s1. The van der Waals surface area contributed by atoms with Gasteiger partial charge in [0.25, 0.3) is 5.56 Å². The number of pyridine rings is 1. The van der Waals surface area contributed by atoms with E-state index < -0.39 is 15.6 Å². The molecule has 0 bridgehead atoms. The highest BCUT2D eigenvalue weighted by atomic mass is 32.2. The summed E-state index contributed by atoms with van der Waals surface area (Å²) >= 11 is 0. The van der Waals surface area contributed by atoms with Crippen molar-refractivity contribution in [2.45, 2.75) is 89.0 Å². The molecule has 0 radical (unpaired) electrons. The molecule has 2 aromatic heterocycles. The summed E-state index contributed by atoms with van der Waals surface area (Å²) in [7, 11) is -3.30. The van der Waals surface area contributed by atoms with Gasteiger partial charge in [-0.3, -0.25) is 9.36 Å². The number of nitrogens with zero attached hydrogens (tertiary/aromatic N) is 4. The Kier molecular flexibility index (Phi) is 7.10. The summed E-state index contributed by atoms with van der Waals surface area (Å²) in [6.45, 7) is 5.20. The minimum atomic E-state index is -3.30. The second-order valence-electron chi connectivity index (χ2n) is 10.8. The summed E-state index contributed by atoms with van der Waals surface area (Å²) in [5, 5.41) is 15.0. The zero-order valence-corrected chi connectivity index (χ0v) is 22.0. The van der Waals surface area contributed by atoms with Crippen LogP contribution in [0.25, 0.3) is 11.0 Å². The monoisotopic (exact) mass is 519 g/mol. The van der Waals surface area contributed by atoms with Gasteiger partial charge in [-0.1, -0.05) is 0 Å². The molecule has 0 spiro atoms. The molecule has 2 aromatic rings. The lowest BCUT2D eigenvalue weighted by molar-refractivity contribution is 0.0266. The largest absolute Gasteiger partial charge is 0.388 e. The molecule has 0 amide bonds. The molecule has 10 nitrogen and oxygen atoms in total. The van der Waals surface area contributed by atoms with E-state index in [1.807, 2.05) is 0 Å². The van der Waals surface area contributed by atoms with Crippen LogP contribution in [0.3, 0.4) is 0 Å². The highest BCUT2D eigenvalue weighted by Gasteiger charge is 2.39. The first kappa shape index (κ1) is 25.6. The second-order valence-corrected chi connectivity index (χ2v) is 12.9. The molecule has 198 valence electrons. The minimum absolute atomic E-state index is 0.0345. The first-order valence-electron chi connectivity index (χ1n) is 13.1. The van der Waals surface area contributed by atoms with Crippen LogP contribution in [0.5, 0.6) is 0 Å². The molecular weight excluding hydrogens is 482 g/mol. The van der Waals surface area contributed by atoms with Gasteiger partial charge in [-0.15, -0.1) is 0 Å². The normalized spacial score (nSPS) is 28.2. The number of aromatic nitrogens is 3. The Morgan fingerprint density at radius 3 is 2.67 bits per heavy atom. The van der Waals surface area contributed by atoms with Gasteiger partial charge in [0.2, 0.25) is 16.0 Å². The lowest BCUT2D eigenvalue weighted by atomic mass is 9.99. The molecule has 3 fully saturated rings. The number of hydrogen-bond acceptors (Lipinski definition) is 8. The number of nitrogens with one attached hydrogen (secondary N) is 1. The summed E-state index contributed by atoms with van der Waals surface area (Å²) < 4.78 is 34.4. The van der Waals surface area contributed by atoms with Crippen molar-refractivity contribution in [2.24, 2.45) is 0 Å². The smallest absolute Gasteiger partial charge is 0.255 e. The molecule has 2 saturated heterocycles. The summed E-state index contributed by atoms with van der Waals surface area (Å²) in [6.07, 6.45) is 7.80. The highest BCUT2D eigenvalue weighted by Crippen LogP contribution is 2.39. The van der Waals surface area contributed by atoms with Crippen LogP contribution in [0, 0.1) is 6.92 Å². The zero-order valence-electron chi connectivity index (χ0n) is 21.1. The molecule has 1 aliphatic carbocycles. The Bertz CT molecular complexity index is 1260. The van der Waals surface area contributed by atoms with E-state index in [0.29, 0.717) is 55.9 Å². The lowest BCUT2D eigenvalue weighted by Gasteiger charge is -2.32. The van der Waals surface area contributed by atoms with Crippen LogP contribution in [-0.4, -0.2) is 75.6 Å².